The summed E-state index contributed by atoms with van der Waals surface area (Å²) >= 11 is 6.07. The van der Waals surface area contributed by atoms with Crippen molar-refractivity contribution in [2.24, 2.45) is 0 Å². The number of halogens is 3. The number of rotatable bonds is 1. The predicted octanol–water partition coefficient (Wildman–Crippen LogP) is 3.92. The van der Waals surface area contributed by atoms with Crippen LogP contribution in [0.25, 0.3) is 5.69 Å². The largest absolute Gasteiger partial charge is 0.282 e. The Kier molecular flexibility index (Phi) is 2.83. The van der Waals surface area contributed by atoms with Crippen LogP contribution >= 0.6 is 11.6 Å². The van der Waals surface area contributed by atoms with E-state index in [9.17, 15) is 8.78 Å². The third-order valence-electron chi connectivity index (χ3n) is 4.34. The van der Waals surface area contributed by atoms with Crippen molar-refractivity contribution in [2.75, 3.05) is 0 Å². The Hall–Kier alpha value is -1.49. The molecule has 1 saturated carbocycles. The summed E-state index contributed by atoms with van der Waals surface area (Å²) in [6.07, 6.45) is 2.43. The van der Waals surface area contributed by atoms with Gasteiger partial charge < -0.3 is 0 Å². The first-order valence-electron chi connectivity index (χ1n) is 7.14. The molecule has 1 aromatic carbocycles. The first-order valence-corrected chi connectivity index (χ1v) is 7.52. The molecule has 1 aliphatic heterocycles. The number of aromatic nitrogens is 3. The molecule has 2 aromatic rings. The number of hydrogen-bond donors (Lipinski definition) is 0. The molecule has 4 rings (SSSR count). The van der Waals surface area contributed by atoms with Gasteiger partial charge in [0.25, 0.3) is 0 Å². The zero-order valence-electron chi connectivity index (χ0n) is 11.3. The fourth-order valence-corrected chi connectivity index (χ4v) is 3.47. The van der Waals surface area contributed by atoms with Crippen LogP contribution in [0.4, 0.5) is 8.78 Å². The number of nitrogens with zero attached hydrogens (tertiary/aromatic N) is 3. The summed E-state index contributed by atoms with van der Waals surface area (Å²) in [6.45, 7) is 0. The highest BCUT2D eigenvalue weighted by Crippen LogP contribution is 2.48. The van der Waals surface area contributed by atoms with Gasteiger partial charge in [0.2, 0.25) is 5.92 Å². The topological polar surface area (TPSA) is 30.7 Å². The molecule has 0 bridgehead atoms. The van der Waals surface area contributed by atoms with E-state index in [1.54, 1.807) is 0 Å². The van der Waals surface area contributed by atoms with Crippen LogP contribution in [0.15, 0.2) is 18.2 Å². The Morgan fingerprint density at radius 1 is 1.19 bits per heavy atom. The summed E-state index contributed by atoms with van der Waals surface area (Å²) in [5, 5.41) is 9.12. The number of hydrogen-bond acceptors (Lipinski definition) is 2. The normalized spacial score (nSPS) is 20.3. The molecule has 0 amide bonds. The van der Waals surface area contributed by atoms with Gasteiger partial charge >= 0.3 is 0 Å². The molecule has 0 unspecified atom stereocenters. The zero-order chi connectivity index (χ0) is 14.6. The van der Waals surface area contributed by atoms with E-state index < -0.39 is 5.92 Å². The van der Waals surface area contributed by atoms with Crippen LogP contribution in [0.1, 0.15) is 42.4 Å². The highest BCUT2D eigenvalue weighted by molar-refractivity contribution is 6.30. The maximum Gasteiger partial charge on any atom is 0.249 e. The van der Waals surface area contributed by atoms with Crippen molar-refractivity contribution < 1.29 is 8.78 Å². The molecular weight excluding hydrogens is 296 g/mol. The van der Waals surface area contributed by atoms with Crippen molar-refractivity contribution in [2.45, 2.75) is 43.9 Å². The number of fused-ring (bicyclic) bond motifs is 3. The SMILES string of the molecule is FC1(F)CC(c2nnc3n2-c2ccc(Cl)cc2CCC3)C1. The molecule has 0 radical (unpaired) electrons. The monoisotopic (exact) mass is 309 g/mol. The van der Waals surface area contributed by atoms with Crippen molar-refractivity contribution >= 4 is 11.6 Å². The molecule has 0 atom stereocenters. The molecule has 2 heterocycles. The number of alkyl halides is 2. The second-order valence-electron chi connectivity index (χ2n) is 5.90. The Balaban J connectivity index is 1.82. The Morgan fingerprint density at radius 3 is 2.76 bits per heavy atom. The molecule has 110 valence electrons. The second kappa shape index (κ2) is 4.50. The molecule has 6 heteroatoms. The van der Waals surface area contributed by atoms with E-state index in [-0.39, 0.29) is 18.8 Å². The highest BCUT2D eigenvalue weighted by atomic mass is 35.5. The van der Waals surface area contributed by atoms with Crippen LogP contribution in [-0.4, -0.2) is 20.7 Å². The van der Waals surface area contributed by atoms with Gasteiger partial charge in [-0.15, -0.1) is 10.2 Å². The van der Waals surface area contributed by atoms with Gasteiger partial charge in [-0.2, -0.15) is 0 Å². The van der Waals surface area contributed by atoms with E-state index in [0.717, 1.165) is 36.3 Å². The molecule has 1 aromatic heterocycles. The number of benzene rings is 1. The minimum atomic E-state index is -2.55. The molecular formula is C15H14ClF2N3. The van der Waals surface area contributed by atoms with Crippen molar-refractivity contribution in [3.05, 3.63) is 40.4 Å². The van der Waals surface area contributed by atoms with Crippen molar-refractivity contribution in [1.82, 2.24) is 14.8 Å². The summed E-state index contributed by atoms with van der Waals surface area (Å²) in [6, 6.07) is 5.72. The second-order valence-corrected chi connectivity index (χ2v) is 6.33. The van der Waals surface area contributed by atoms with Crippen LogP contribution < -0.4 is 0 Å². The van der Waals surface area contributed by atoms with E-state index >= 15 is 0 Å². The summed E-state index contributed by atoms with van der Waals surface area (Å²) in [5.74, 6) is -1.23. The lowest BCUT2D eigenvalue weighted by Gasteiger charge is -2.34. The molecule has 3 nitrogen and oxygen atoms in total. The predicted molar refractivity (Wildman–Crippen MR) is 75.3 cm³/mol. The van der Waals surface area contributed by atoms with Crippen LogP contribution in [0, 0.1) is 0 Å². The average molecular weight is 310 g/mol. The van der Waals surface area contributed by atoms with Gasteiger partial charge in [-0.3, -0.25) is 4.57 Å². The van der Waals surface area contributed by atoms with Crippen molar-refractivity contribution in [1.29, 1.82) is 0 Å². The van der Waals surface area contributed by atoms with Gasteiger partial charge in [0, 0.05) is 30.2 Å². The molecule has 21 heavy (non-hydrogen) atoms. The van der Waals surface area contributed by atoms with Gasteiger partial charge in [0.05, 0.1) is 5.69 Å². The first-order chi connectivity index (χ1) is 10.0. The Morgan fingerprint density at radius 2 is 2.00 bits per heavy atom. The van der Waals surface area contributed by atoms with Crippen LogP contribution in [0.2, 0.25) is 5.02 Å². The van der Waals surface area contributed by atoms with Crippen LogP contribution in [0.5, 0.6) is 0 Å². The van der Waals surface area contributed by atoms with Crippen LogP contribution in [0.3, 0.4) is 0 Å². The summed E-state index contributed by atoms with van der Waals surface area (Å²) in [4.78, 5) is 0. The molecule has 0 spiro atoms. The molecule has 0 saturated heterocycles. The van der Waals surface area contributed by atoms with Gasteiger partial charge in [-0.05, 0) is 36.6 Å². The minimum absolute atomic E-state index is 0.131. The molecule has 0 N–H and O–H groups in total. The fourth-order valence-electron chi connectivity index (χ4n) is 3.27. The summed E-state index contributed by atoms with van der Waals surface area (Å²) in [7, 11) is 0. The van der Waals surface area contributed by atoms with Gasteiger partial charge in [0.15, 0.2) is 0 Å². The smallest absolute Gasteiger partial charge is 0.249 e. The maximum atomic E-state index is 13.2. The third kappa shape index (κ3) is 2.14. The van der Waals surface area contributed by atoms with E-state index in [4.69, 9.17) is 11.6 Å². The Bertz CT molecular complexity index is 703. The number of aryl methyl sites for hydroxylation is 2. The summed E-state index contributed by atoms with van der Waals surface area (Å²) in [5.41, 5.74) is 2.12. The van der Waals surface area contributed by atoms with Crippen molar-refractivity contribution in [3.8, 4) is 5.69 Å². The lowest BCUT2D eigenvalue weighted by atomic mass is 9.80. The van der Waals surface area contributed by atoms with Gasteiger partial charge in [-0.25, -0.2) is 8.78 Å². The standard InChI is InChI=1S/C15H14ClF2N3/c16-11-4-5-12-9(6-11)2-1-3-13-19-20-14(21(12)13)10-7-15(17,18)8-10/h4-6,10H,1-3,7-8H2. The van der Waals surface area contributed by atoms with E-state index in [1.165, 1.54) is 0 Å². The quantitative estimate of drug-likeness (QED) is 0.799. The molecule has 2 aliphatic rings. The summed E-state index contributed by atoms with van der Waals surface area (Å²) < 4.78 is 28.3. The lowest BCUT2D eigenvalue weighted by molar-refractivity contribution is -0.0888. The Labute approximate surface area is 125 Å². The fraction of sp³-hybridized carbons (Fsp3) is 0.467. The zero-order valence-corrected chi connectivity index (χ0v) is 12.1. The molecule has 1 fully saturated rings. The van der Waals surface area contributed by atoms with E-state index in [2.05, 4.69) is 10.2 Å². The maximum absolute atomic E-state index is 13.2. The highest BCUT2D eigenvalue weighted by Gasteiger charge is 2.48. The van der Waals surface area contributed by atoms with E-state index in [0.29, 0.717) is 10.8 Å². The van der Waals surface area contributed by atoms with Crippen molar-refractivity contribution in [3.63, 3.8) is 0 Å². The van der Waals surface area contributed by atoms with E-state index in [1.807, 2.05) is 22.8 Å². The van der Waals surface area contributed by atoms with Crippen LogP contribution in [-0.2, 0) is 12.8 Å². The first kappa shape index (κ1) is 13.2. The van der Waals surface area contributed by atoms with Gasteiger partial charge in [-0.1, -0.05) is 11.6 Å². The van der Waals surface area contributed by atoms with Gasteiger partial charge in [0.1, 0.15) is 11.6 Å². The lowest BCUT2D eigenvalue weighted by Crippen LogP contribution is -2.35. The average Bonchev–Trinajstić information content (AvgIpc) is 2.71. The minimum Gasteiger partial charge on any atom is -0.282 e. The third-order valence-corrected chi connectivity index (χ3v) is 4.57. The molecule has 1 aliphatic carbocycles.